The van der Waals surface area contributed by atoms with Crippen LogP contribution in [0.3, 0.4) is 0 Å². The molecular weight excluding hydrogens is 142 g/mol. The van der Waals surface area contributed by atoms with Gasteiger partial charge in [-0.2, -0.15) is 11.7 Å². The zero-order valence-corrected chi connectivity index (χ0v) is 5.95. The van der Waals surface area contributed by atoms with E-state index in [0.29, 0.717) is 5.56 Å². The van der Waals surface area contributed by atoms with Crippen LogP contribution in [0.25, 0.3) is 0 Å². The van der Waals surface area contributed by atoms with Gasteiger partial charge in [-0.15, -0.1) is 5.12 Å². The number of nitrogens with two attached hydrogens (primary N) is 2. The van der Waals surface area contributed by atoms with E-state index < -0.39 is 0 Å². The number of hydrogen-bond acceptors (Lipinski definition) is 3. The number of rotatable bonds is 1. The summed E-state index contributed by atoms with van der Waals surface area (Å²) in [5.41, 5.74) is 0.521. The fourth-order valence-electron chi connectivity index (χ4n) is 0.756. The Balaban J connectivity index is 2.86. The number of carbonyl (C=O) groups is 1. The zero-order chi connectivity index (χ0) is 8.27. The summed E-state index contributed by atoms with van der Waals surface area (Å²) >= 11 is 0. The Morgan fingerprint density at radius 2 is 1.73 bits per heavy atom. The molecule has 0 atom stereocenters. The van der Waals surface area contributed by atoms with Crippen molar-refractivity contribution in [3.8, 4) is 0 Å². The molecule has 0 bridgehead atoms. The molecule has 0 fully saturated rings. The summed E-state index contributed by atoms with van der Waals surface area (Å²) in [6.45, 7) is 0. The molecule has 11 heavy (non-hydrogen) atoms. The lowest BCUT2D eigenvalue weighted by molar-refractivity contribution is -0.839. The minimum atomic E-state index is -0.314. The average molecular weight is 152 g/mol. The maximum Gasteiger partial charge on any atom is 0.382 e. The molecule has 0 aromatic heterocycles. The van der Waals surface area contributed by atoms with Crippen molar-refractivity contribution in [2.75, 3.05) is 0 Å². The smallest absolute Gasteiger partial charge is 0.221 e. The monoisotopic (exact) mass is 152 g/mol. The molecule has 0 aliphatic rings. The van der Waals surface area contributed by atoms with Crippen LogP contribution in [0.1, 0.15) is 10.4 Å². The third-order valence-electron chi connectivity index (χ3n) is 1.30. The molecule has 0 heterocycles. The van der Waals surface area contributed by atoms with Crippen molar-refractivity contribution in [3.05, 3.63) is 35.9 Å². The van der Waals surface area contributed by atoms with Crippen molar-refractivity contribution >= 4 is 5.91 Å². The van der Waals surface area contributed by atoms with Gasteiger partial charge in [0.1, 0.15) is 0 Å². The summed E-state index contributed by atoms with van der Waals surface area (Å²) in [7, 11) is 0. The fourth-order valence-corrected chi connectivity index (χ4v) is 0.756. The molecule has 58 valence electrons. The van der Waals surface area contributed by atoms with E-state index >= 15 is 0 Å². The summed E-state index contributed by atoms with van der Waals surface area (Å²) in [6, 6.07) is 8.68. The SMILES string of the molecule is N[NH+](N)C(=O)c1ccccc1. The first-order chi connectivity index (χ1) is 5.22. The van der Waals surface area contributed by atoms with Crippen LogP contribution in [0.4, 0.5) is 0 Å². The Hall–Kier alpha value is -1.23. The summed E-state index contributed by atoms with van der Waals surface area (Å²) in [4.78, 5) is 11.1. The quantitative estimate of drug-likeness (QED) is 0.259. The van der Waals surface area contributed by atoms with Crippen LogP contribution in [-0.4, -0.2) is 5.91 Å². The van der Waals surface area contributed by atoms with Crippen molar-refractivity contribution in [2.45, 2.75) is 0 Å². The molecule has 0 saturated heterocycles. The van der Waals surface area contributed by atoms with Gasteiger partial charge in [0.05, 0.1) is 5.56 Å². The normalized spacial score (nSPS) is 10.1. The summed E-state index contributed by atoms with van der Waals surface area (Å²) in [5.74, 6) is 9.91. The van der Waals surface area contributed by atoms with E-state index in [0.717, 1.165) is 0 Å². The van der Waals surface area contributed by atoms with Crippen LogP contribution in [0, 0.1) is 0 Å². The van der Waals surface area contributed by atoms with Gasteiger partial charge in [0.25, 0.3) is 0 Å². The Morgan fingerprint density at radius 3 is 2.18 bits per heavy atom. The third-order valence-corrected chi connectivity index (χ3v) is 1.30. The standard InChI is InChI=1S/C7H9N3O/c8-10(9)7(11)6-4-2-1-3-5-6/h1-5H,8-9H2/p+1. The molecule has 0 aliphatic carbocycles. The first-order valence-corrected chi connectivity index (χ1v) is 3.19. The van der Waals surface area contributed by atoms with Gasteiger partial charge >= 0.3 is 5.91 Å². The summed E-state index contributed by atoms with van der Waals surface area (Å²) in [5, 5.41) is -0.170. The predicted molar refractivity (Wildman–Crippen MR) is 40.1 cm³/mol. The topological polar surface area (TPSA) is 73.6 Å². The molecule has 5 N–H and O–H groups in total. The van der Waals surface area contributed by atoms with Gasteiger partial charge in [-0.1, -0.05) is 18.2 Å². The number of amides is 1. The van der Waals surface area contributed by atoms with Gasteiger partial charge in [0.15, 0.2) is 0 Å². The highest BCUT2D eigenvalue weighted by molar-refractivity contribution is 5.86. The highest BCUT2D eigenvalue weighted by Crippen LogP contribution is 1.94. The maximum absolute atomic E-state index is 11.1. The molecule has 1 rings (SSSR count). The van der Waals surface area contributed by atoms with E-state index in [2.05, 4.69) is 0 Å². The average Bonchev–Trinajstić information content (AvgIpc) is 2.05. The van der Waals surface area contributed by atoms with E-state index in [1.807, 2.05) is 6.07 Å². The van der Waals surface area contributed by atoms with Gasteiger partial charge in [-0.3, -0.25) is 0 Å². The van der Waals surface area contributed by atoms with Crippen molar-refractivity contribution in [1.29, 1.82) is 0 Å². The lowest BCUT2D eigenvalue weighted by Gasteiger charge is -2.00. The lowest BCUT2D eigenvalue weighted by atomic mass is 10.2. The Morgan fingerprint density at radius 1 is 1.18 bits per heavy atom. The number of nitrogens with one attached hydrogen (secondary N) is 1. The fraction of sp³-hybridized carbons (Fsp3) is 0. The third kappa shape index (κ3) is 1.84. The molecule has 0 radical (unpaired) electrons. The molecule has 1 amide bonds. The first-order valence-electron chi connectivity index (χ1n) is 3.19. The molecule has 0 saturated carbocycles. The Kier molecular flexibility index (Phi) is 2.32. The van der Waals surface area contributed by atoms with Gasteiger partial charge in [0, 0.05) is 0 Å². The van der Waals surface area contributed by atoms with Gasteiger partial charge in [-0.05, 0) is 12.1 Å². The Labute approximate surface area is 64.3 Å². The van der Waals surface area contributed by atoms with E-state index in [9.17, 15) is 4.79 Å². The number of quaternary nitrogens is 1. The molecule has 4 heteroatoms. The maximum atomic E-state index is 11.1. The van der Waals surface area contributed by atoms with E-state index in [-0.39, 0.29) is 11.0 Å². The van der Waals surface area contributed by atoms with Gasteiger partial charge in [0.2, 0.25) is 0 Å². The highest BCUT2D eigenvalue weighted by Gasteiger charge is 2.12. The minimum Gasteiger partial charge on any atom is -0.221 e. The second-order valence-corrected chi connectivity index (χ2v) is 2.15. The largest absolute Gasteiger partial charge is 0.382 e. The molecule has 1 aromatic rings. The molecule has 0 aliphatic heterocycles. The van der Waals surface area contributed by atoms with Crippen molar-refractivity contribution < 1.29 is 9.91 Å². The number of nitrogen functional groups attached to an aromatic ring is 1. The van der Waals surface area contributed by atoms with Crippen LogP contribution in [0.2, 0.25) is 0 Å². The van der Waals surface area contributed by atoms with Crippen molar-refractivity contribution in [2.24, 2.45) is 11.7 Å². The highest BCUT2D eigenvalue weighted by atomic mass is 16.2. The predicted octanol–water partition coefficient (Wildman–Crippen LogP) is -1.54. The number of carbonyl (C=O) groups excluding carboxylic acids is 1. The minimum absolute atomic E-state index is 0.170. The zero-order valence-electron chi connectivity index (χ0n) is 5.95. The Bertz CT molecular complexity index is 245. The second-order valence-electron chi connectivity index (χ2n) is 2.15. The van der Waals surface area contributed by atoms with Crippen molar-refractivity contribution in [1.82, 2.24) is 0 Å². The summed E-state index contributed by atoms with van der Waals surface area (Å²) in [6.07, 6.45) is 0. The van der Waals surface area contributed by atoms with Crippen LogP contribution in [0.5, 0.6) is 0 Å². The van der Waals surface area contributed by atoms with E-state index in [1.54, 1.807) is 24.3 Å². The van der Waals surface area contributed by atoms with E-state index in [4.69, 9.17) is 11.7 Å². The van der Waals surface area contributed by atoms with Crippen molar-refractivity contribution in [3.63, 3.8) is 0 Å². The van der Waals surface area contributed by atoms with Crippen LogP contribution in [0.15, 0.2) is 30.3 Å². The lowest BCUT2D eigenvalue weighted by Crippen LogP contribution is -3.25. The number of benzene rings is 1. The van der Waals surface area contributed by atoms with Gasteiger partial charge < -0.3 is 0 Å². The van der Waals surface area contributed by atoms with Crippen LogP contribution >= 0.6 is 0 Å². The molecule has 1 aromatic carbocycles. The first kappa shape index (κ1) is 7.87. The van der Waals surface area contributed by atoms with E-state index in [1.165, 1.54) is 0 Å². The second kappa shape index (κ2) is 3.25. The van der Waals surface area contributed by atoms with Crippen LogP contribution < -0.4 is 16.8 Å². The molecular formula is C7H10N3O+. The number of hydrogen-bond donors (Lipinski definition) is 3. The molecule has 4 nitrogen and oxygen atoms in total. The molecule has 0 unspecified atom stereocenters. The van der Waals surface area contributed by atoms with Gasteiger partial charge in [-0.25, -0.2) is 4.79 Å². The summed E-state index contributed by atoms with van der Waals surface area (Å²) < 4.78 is 0. The van der Waals surface area contributed by atoms with Crippen LogP contribution in [-0.2, 0) is 0 Å². The molecule has 0 spiro atoms.